The van der Waals surface area contributed by atoms with Crippen molar-refractivity contribution in [1.82, 2.24) is 9.80 Å². The molecule has 29 heavy (non-hydrogen) atoms. The number of ketones is 1. The first-order valence-electron chi connectivity index (χ1n) is 9.80. The molecule has 0 saturated carbocycles. The minimum absolute atomic E-state index is 0.0779. The van der Waals surface area contributed by atoms with Crippen molar-refractivity contribution in [3.8, 4) is 0 Å². The number of carbonyl (C=O) groups excluding carboxylic acids is 2. The van der Waals surface area contributed by atoms with Gasteiger partial charge in [-0.15, -0.1) is 0 Å². The number of amides is 1. The zero-order chi connectivity index (χ0) is 21.0. The zero-order valence-corrected chi connectivity index (χ0v) is 16.6. The second-order valence-corrected chi connectivity index (χ2v) is 6.91. The van der Waals surface area contributed by atoms with E-state index in [9.17, 15) is 19.1 Å². The number of hydrogen-bond acceptors (Lipinski definition) is 4. The number of likely N-dealkylation sites (N-methyl/N-ethyl adjacent to an activating group) is 1. The molecular weight excluding hydrogens is 371 g/mol. The number of halogens is 1. The van der Waals surface area contributed by atoms with Gasteiger partial charge in [0.15, 0.2) is 0 Å². The van der Waals surface area contributed by atoms with Gasteiger partial charge >= 0.3 is 0 Å². The summed E-state index contributed by atoms with van der Waals surface area (Å²) < 4.78 is 14.7. The minimum Gasteiger partial charge on any atom is -0.507 e. The summed E-state index contributed by atoms with van der Waals surface area (Å²) in [6, 6.07) is 13.6. The Morgan fingerprint density at radius 1 is 1.03 bits per heavy atom. The van der Waals surface area contributed by atoms with E-state index in [0.717, 1.165) is 13.1 Å². The van der Waals surface area contributed by atoms with Crippen LogP contribution >= 0.6 is 0 Å². The number of likely N-dealkylation sites (tertiary alicyclic amines) is 1. The van der Waals surface area contributed by atoms with Gasteiger partial charge in [-0.1, -0.05) is 62.4 Å². The number of rotatable bonds is 7. The normalized spacial score (nSPS) is 18.6. The molecule has 0 aliphatic carbocycles. The zero-order valence-electron chi connectivity index (χ0n) is 16.6. The van der Waals surface area contributed by atoms with E-state index in [-0.39, 0.29) is 23.4 Å². The van der Waals surface area contributed by atoms with Gasteiger partial charge < -0.3 is 14.9 Å². The van der Waals surface area contributed by atoms with Crippen LogP contribution in [-0.4, -0.2) is 52.8 Å². The van der Waals surface area contributed by atoms with Crippen LogP contribution in [0.4, 0.5) is 4.39 Å². The Morgan fingerprint density at radius 3 is 2.28 bits per heavy atom. The van der Waals surface area contributed by atoms with Gasteiger partial charge in [0.05, 0.1) is 11.6 Å². The molecule has 0 spiro atoms. The third kappa shape index (κ3) is 4.07. The second kappa shape index (κ2) is 9.01. The van der Waals surface area contributed by atoms with Gasteiger partial charge in [0, 0.05) is 24.2 Å². The van der Waals surface area contributed by atoms with E-state index in [2.05, 4.69) is 4.90 Å². The van der Waals surface area contributed by atoms with E-state index < -0.39 is 23.5 Å². The van der Waals surface area contributed by atoms with Crippen molar-refractivity contribution < 1.29 is 19.1 Å². The molecule has 0 bridgehead atoms. The summed E-state index contributed by atoms with van der Waals surface area (Å²) in [5, 5.41) is 10.9. The molecule has 1 saturated heterocycles. The van der Waals surface area contributed by atoms with Crippen LogP contribution < -0.4 is 0 Å². The first-order chi connectivity index (χ1) is 14.0. The van der Waals surface area contributed by atoms with Crippen molar-refractivity contribution in [2.75, 3.05) is 26.2 Å². The molecule has 0 unspecified atom stereocenters. The number of benzene rings is 2. The highest BCUT2D eigenvalue weighted by Gasteiger charge is 2.46. The van der Waals surface area contributed by atoms with Gasteiger partial charge in [-0.2, -0.15) is 0 Å². The molecule has 1 aliphatic rings. The number of aliphatic hydroxyl groups is 1. The lowest BCUT2D eigenvalue weighted by Gasteiger charge is -2.28. The number of hydrogen-bond donors (Lipinski definition) is 1. The molecule has 1 fully saturated rings. The fourth-order valence-electron chi connectivity index (χ4n) is 3.67. The highest BCUT2D eigenvalue weighted by Crippen LogP contribution is 2.40. The average Bonchev–Trinajstić information content (AvgIpc) is 2.99. The van der Waals surface area contributed by atoms with Gasteiger partial charge in [0.25, 0.3) is 11.7 Å². The monoisotopic (exact) mass is 396 g/mol. The van der Waals surface area contributed by atoms with E-state index in [4.69, 9.17) is 0 Å². The predicted molar refractivity (Wildman–Crippen MR) is 110 cm³/mol. The maximum absolute atomic E-state index is 14.7. The molecule has 0 aromatic heterocycles. The van der Waals surface area contributed by atoms with Crippen LogP contribution in [0.5, 0.6) is 0 Å². The van der Waals surface area contributed by atoms with Crippen LogP contribution in [0.25, 0.3) is 5.76 Å². The molecule has 1 N–H and O–H groups in total. The van der Waals surface area contributed by atoms with E-state index in [1.54, 1.807) is 48.5 Å². The minimum atomic E-state index is -0.966. The molecule has 5 nitrogen and oxygen atoms in total. The van der Waals surface area contributed by atoms with Crippen molar-refractivity contribution in [3.05, 3.63) is 77.1 Å². The molecule has 6 heteroatoms. The summed E-state index contributed by atoms with van der Waals surface area (Å²) in [7, 11) is 0. The van der Waals surface area contributed by atoms with Crippen molar-refractivity contribution in [3.63, 3.8) is 0 Å². The molecule has 0 radical (unpaired) electrons. The van der Waals surface area contributed by atoms with Crippen molar-refractivity contribution in [2.24, 2.45) is 0 Å². The quantitative estimate of drug-likeness (QED) is 0.441. The van der Waals surface area contributed by atoms with E-state index in [0.29, 0.717) is 12.1 Å². The Balaban J connectivity index is 2.11. The maximum Gasteiger partial charge on any atom is 0.295 e. The Kier molecular flexibility index (Phi) is 6.44. The fraction of sp³-hybridized carbons (Fsp3) is 0.304. The van der Waals surface area contributed by atoms with Crippen molar-refractivity contribution in [2.45, 2.75) is 19.9 Å². The lowest BCUT2D eigenvalue weighted by molar-refractivity contribution is -0.140. The summed E-state index contributed by atoms with van der Waals surface area (Å²) in [5.41, 5.74) is 0.533. The molecule has 2 aromatic carbocycles. The van der Waals surface area contributed by atoms with Gasteiger partial charge in [-0.25, -0.2) is 4.39 Å². The average molecular weight is 396 g/mol. The van der Waals surface area contributed by atoms with Gasteiger partial charge in [-0.3, -0.25) is 9.59 Å². The summed E-state index contributed by atoms with van der Waals surface area (Å²) >= 11 is 0. The third-order valence-electron chi connectivity index (χ3n) is 5.34. The lowest BCUT2D eigenvalue weighted by Crippen LogP contribution is -2.38. The van der Waals surface area contributed by atoms with Gasteiger partial charge in [0.1, 0.15) is 11.6 Å². The topological polar surface area (TPSA) is 60.9 Å². The number of nitrogens with zero attached hydrogens (tertiary/aromatic N) is 2. The summed E-state index contributed by atoms with van der Waals surface area (Å²) in [6.07, 6.45) is 0. The molecule has 3 rings (SSSR count). The third-order valence-corrected chi connectivity index (χ3v) is 5.34. The number of Topliss-reactive ketones (excluding diaryl/α,β-unsaturated/α-hetero) is 1. The van der Waals surface area contributed by atoms with Crippen LogP contribution in [0.1, 0.15) is 31.0 Å². The van der Waals surface area contributed by atoms with Crippen LogP contribution in [0.3, 0.4) is 0 Å². The molecule has 2 aromatic rings. The maximum atomic E-state index is 14.7. The second-order valence-electron chi connectivity index (χ2n) is 6.91. The summed E-state index contributed by atoms with van der Waals surface area (Å²) in [5.74, 6) is -2.32. The van der Waals surface area contributed by atoms with Crippen LogP contribution in [0.15, 0.2) is 60.2 Å². The molecule has 152 valence electrons. The van der Waals surface area contributed by atoms with E-state index in [1.807, 2.05) is 13.8 Å². The van der Waals surface area contributed by atoms with Crippen LogP contribution in [0, 0.1) is 5.82 Å². The van der Waals surface area contributed by atoms with E-state index in [1.165, 1.54) is 11.0 Å². The van der Waals surface area contributed by atoms with E-state index >= 15 is 0 Å². The first-order valence-corrected chi connectivity index (χ1v) is 9.80. The van der Waals surface area contributed by atoms with Crippen molar-refractivity contribution >= 4 is 17.4 Å². The Morgan fingerprint density at radius 2 is 1.66 bits per heavy atom. The smallest absolute Gasteiger partial charge is 0.295 e. The Bertz CT molecular complexity index is 923. The fourth-order valence-corrected chi connectivity index (χ4v) is 3.67. The molecule has 1 heterocycles. The van der Waals surface area contributed by atoms with Gasteiger partial charge in [0.2, 0.25) is 0 Å². The van der Waals surface area contributed by atoms with Gasteiger partial charge in [-0.05, 0) is 19.2 Å². The SMILES string of the molecule is CCN(CC)CCN1C(=O)C(=O)/C(=C(/O)c2ccccc2)[C@H]1c1ccccc1F. The first kappa shape index (κ1) is 20.7. The summed E-state index contributed by atoms with van der Waals surface area (Å²) in [4.78, 5) is 29.2. The Hall–Kier alpha value is -2.99. The standard InChI is InChI=1S/C23H25FN2O3/c1-3-25(4-2)14-15-26-20(17-12-8-9-13-18(17)24)19(22(28)23(26)29)21(27)16-10-6-5-7-11-16/h5-13,20,27H,3-4,14-15H2,1-2H3/b21-19+/t20-/m1/s1. The van der Waals surface area contributed by atoms with Crippen molar-refractivity contribution in [1.29, 1.82) is 0 Å². The highest BCUT2D eigenvalue weighted by atomic mass is 19.1. The number of aliphatic hydroxyl groups excluding tert-OH is 1. The Labute approximate surface area is 170 Å². The number of carbonyl (C=O) groups is 2. The largest absolute Gasteiger partial charge is 0.507 e. The molecule has 1 aliphatic heterocycles. The molecular formula is C23H25FN2O3. The molecule has 1 amide bonds. The predicted octanol–water partition coefficient (Wildman–Crippen LogP) is 3.59. The van der Waals surface area contributed by atoms with Crippen LogP contribution in [0.2, 0.25) is 0 Å². The lowest BCUT2D eigenvalue weighted by atomic mass is 9.95. The molecule has 1 atom stereocenters. The summed E-state index contributed by atoms with van der Waals surface area (Å²) in [6.45, 7) is 6.44. The highest BCUT2D eigenvalue weighted by molar-refractivity contribution is 6.46. The van der Waals surface area contributed by atoms with Crippen LogP contribution in [-0.2, 0) is 9.59 Å².